The van der Waals surface area contributed by atoms with Crippen molar-refractivity contribution in [1.82, 2.24) is 21.1 Å². The van der Waals surface area contributed by atoms with Gasteiger partial charge < -0.3 is 16.4 Å². The highest BCUT2D eigenvalue weighted by Gasteiger charge is 2.10. The van der Waals surface area contributed by atoms with Gasteiger partial charge in [0.05, 0.1) is 6.54 Å². The number of unbranched alkanes of at least 4 members (excludes halogenated alkanes) is 17. The van der Waals surface area contributed by atoms with Crippen LogP contribution in [0.15, 0.2) is 0 Å². The van der Waals surface area contributed by atoms with Crippen LogP contribution in [0.1, 0.15) is 149 Å². The highest BCUT2D eigenvalue weighted by atomic mass is 16.2. The number of nitrogens with one attached hydrogen (secondary N) is 3. The first-order valence-electron chi connectivity index (χ1n) is 16.4. The zero-order valence-corrected chi connectivity index (χ0v) is 25.2. The summed E-state index contributed by atoms with van der Waals surface area (Å²) in [6.07, 6.45) is 27.5. The topological polar surface area (TPSA) is 82.4 Å². The molecule has 222 valence electrons. The van der Waals surface area contributed by atoms with Crippen molar-refractivity contribution in [1.29, 1.82) is 0 Å². The predicted molar refractivity (Wildman–Crippen MR) is 163 cm³/mol. The quantitative estimate of drug-likeness (QED) is 0.0599. The van der Waals surface area contributed by atoms with Crippen LogP contribution >= 0.6 is 0 Å². The number of carbonyl (C=O) groups excluding carboxylic acids is 1. The number of hydrazine groups is 1. The summed E-state index contributed by atoms with van der Waals surface area (Å²) >= 11 is 0. The molecule has 5 N–H and O–H groups in total. The van der Waals surface area contributed by atoms with Crippen molar-refractivity contribution in [2.45, 2.75) is 149 Å². The molecule has 37 heavy (non-hydrogen) atoms. The number of hydrogen-bond acceptors (Lipinski definition) is 5. The van der Waals surface area contributed by atoms with Crippen molar-refractivity contribution in [3.8, 4) is 0 Å². The largest absolute Gasteiger partial charge is 0.355 e. The maximum atomic E-state index is 12.5. The van der Waals surface area contributed by atoms with Crippen molar-refractivity contribution in [2.24, 2.45) is 5.73 Å². The van der Waals surface area contributed by atoms with E-state index in [4.69, 9.17) is 5.73 Å². The maximum Gasteiger partial charge on any atom is 0.235 e. The summed E-state index contributed by atoms with van der Waals surface area (Å²) in [4.78, 5) is 12.5. The fraction of sp³-hybridized carbons (Fsp3) is 0.968. The van der Waals surface area contributed by atoms with Gasteiger partial charge in [-0.3, -0.25) is 10.2 Å². The van der Waals surface area contributed by atoms with Gasteiger partial charge in [0.25, 0.3) is 0 Å². The van der Waals surface area contributed by atoms with Crippen LogP contribution in [0.2, 0.25) is 0 Å². The molecule has 0 saturated heterocycles. The van der Waals surface area contributed by atoms with Crippen molar-refractivity contribution in [3.05, 3.63) is 0 Å². The van der Waals surface area contributed by atoms with Gasteiger partial charge in [0, 0.05) is 19.6 Å². The normalized spacial score (nSPS) is 11.5. The van der Waals surface area contributed by atoms with Gasteiger partial charge in [-0.1, -0.05) is 117 Å². The molecule has 1 amide bonds. The van der Waals surface area contributed by atoms with E-state index in [1.54, 1.807) is 0 Å². The highest BCUT2D eigenvalue weighted by molar-refractivity contribution is 5.77. The molecule has 0 aliphatic heterocycles. The molecule has 0 atom stereocenters. The summed E-state index contributed by atoms with van der Waals surface area (Å²) in [6.45, 7) is 10.4. The third kappa shape index (κ3) is 29.7. The number of amides is 1. The smallest absolute Gasteiger partial charge is 0.235 e. The van der Waals surface area contributed by atoms with E-state index in [1.165, 1.54) is 116 Å². The zero-order chi connectivity index (χ0) is 27.1. The summed E-state index contributed by atoms with van der Waals surface area (Å²) in [7, 11) is 0. The molecule has 0 rings (SSSR count). The summed E-state index contributed by atoms with van der Waals surface area (Å²) in [5, 5.41) is 8.65. The minimum absolute atomic E-state index is 0.139. The second-order valence-corrected chi connectivity index (χ2v) is 10.9. The number of rotatable bonds is 31. The standard InChI is InChI=1S/C31H67N5O/c1-3-5-7-8-9-10-11-12-13-14-15-16-17-18-22-29-36(35-28-19-6-4-2)30-31(37)34-27-21-20-25-33-26-23-24-32/h33,35H,3-30,32H2,1-2H3,(H,34,37). The van der Waals surface area contributed by atoms with E-state index in [2.05, 4.69) is 34.9 Å². The number of carbonyl (C=O) groups is 1. The fourth-order valence-electron chi connectivity index (χ4n) is 4.68. The first kappa shape index (κ1) is 36.3. The van der Waals surface area contributed by atoms with Gasteiger partial charge in [-0.25, -0.2) is 5.01 Å². The van der Waals surface area contributed by atoms with Gasteiger partial charge in [0.15, 0.2) is 0 Å². The molecule has 0 fully saturated rings. The van der Waals surface area contributed by atoms with Gasteiger partial charge >= 0.3 is 0 Å². The van der Waals surface area contributed by atoms with Crippen LogP contribution < -0.4 is 21.8 Å². The SMILES string of the molecule is CCCCCCCCCCCCCCCCCN(CC(=O)NCCCCNCCCN)NCCCCC. The molecular formula is C31H67N5O. The van der Waals surface area contributed by atoms with E-state index in [1.807, 2.05) is 0 Å². The molecule has 6 nitrogen and oxygen atoms in total. The minimum Gasteiger partial charge on any atom is -0.355 e. The van der Waals surface area contributed by atoms with Crippen LogP contribution in [-0.4, -0.2) is 56.7 Å². The van der Waals surface area contributed by atoms with Crippen LogP contribution in [0.3, 0.4) is 0 Å². The Kier molecular flexibility index (Phi) is 30.9. The third-order valence-corrected chi connectivity index (χ3v) is 7.14. The van der Waals surface area contributed by atoms with E-state index in [-0.39, 0.29) is 5.91 Å². The van der Waals surface area contributed by atoms with Crippen LogP contribution in [0.25, 0.3) is 0 Å². The van der Waals surface area contributed by atoms with Crippen LogP contribution in [0, 0.1) is 0 Å². The first-order valence-corrected chi connectivity index (χ1v) is 16.4. The molecule has 0 aromatic rings. The molecule has 0 aromatic heterocycles. The summed E-state index contributed by atoms with van der Waals surface area (Å²) < 4.78 is 0. The van der Waals surface area contributed by atoms with Gasteiger partial charge in [-0.15, -0.1) is 0 Å². The Hall–Kier alpha value is -0.690. The predicted octanol–water partition coefficient (Wildman–Crippen LogP) is 6.69. The molecular weight excluding hydrogens is 458 g/mol. The molecule has 0 aliphatic carbocycles. The minimum atomic E-state index is 0.139. The van der Waals surface area contributed by atoms with Gasteiger partial charge in [-0.2, -0.15) is 0 Å². The summed E-state index contributed by atoms with van der Waals surface area (Å²) in [5.41, 5.74) is 9.02. The van der Waals surface area contributed by atoms with Gasteiger partial charge in [0.2, 0.25) is 5.91 Å². The lowest BCUT2D eigenvalue weighted by molar-refractivity contribution is -0.123. The molecule has 0 spiro atoms. The van der Waals surface area contributed by atoms with Crippen molar-refractivity contribution in [3.63, 3.8) is 0 Å². The molecule has 0 aromatic carbocycles. The van der Waals surface area contributed by atoms with E-state index in [0.717, 1.165) is 58.5 Å². The lowest BCUT2D eigenvalue weighted by Crippen LogP contribution is -2.46. The first-order chi connectivity index (χ1) is 18.2. The Morgan fingerprint density at radius 1 is 0.568 bits per heavy atom. The average Bonchev–Trinajstić information content (AvgIpc) is 2.90. The Balaban J connectivity index is 3.77. The third-order valence-electron chi connectivity index (χ3n) is 7.14. The van der Waals surface area contributed by atoms with E-state index in [9.17, 15) is 4.79 Å². The van der Waals surface area contributed by atoms with E-state index < -0.39 is 0 Å². The summed E-state index contributed by atoms with van der Waals surface area (Å²) in [6, 6.07) is 0. The van der Waals surface area contributed by atoms with Crippen molar-refractivity contribution in [2.75, 3.05) is 45.8 Å². The second-order valence-electron chi connectivity index (χ2n) is 10.9. The average molecular weight is 526 g/mol. The van der Waals surface area contributed by atoms with Gasteiger partial charge in [-0.05, 0) is 51.7 Å². The number of nitrogens with zero attached hydrogens (tertiary/aromatic N) is 1. The highest BCUT2D eigenvalue weighted by Crippen LogP contribution is 2.13. The van der Waals surface area contributed by atoms with Crippen molar-refractivity contribution >= 4 is 5.91 Å². The van der Waals surface area contributed by atoms with Gasteiger partial charge in [0.1, 0.15) is 0 Å². The van der Waals surface area contributed by atoms with Crippen LogP contribution in [0.5, 0.6) is 0 Å². The molecule has 0 saturated carbocycles. The summed E-state index contributed by atoms with van der Waals surface area (Å²) in [5.74, 6) is 0.139. The Bertz CT molecular complexity index is 449. The van der Waals surface area contributed by atoms with Crippen LogP contribution in [0.4, 0.5) is 0 Å². The van der Waals surface area contributed by atoms with E-state index in [0.29, 0.717) is 6.54 Å². The molecule has 6 heteroatoms. The monoisotopic (exact) mass is 526 g/mol. The second kappa shape index (κ2) is 31.5. The Labute approximate surface area is 232 Å². The molecule has 0 radical (unpaired) electrons. The fourth-order valence-corrected chi connectivity index (χ4v) is 4.68. The molecule has 0 bridgehead atoms. The van der Waals surface area contributed by atoms with Crippen LogP contribution in [-0.2, 0) is 4.79 Å². The number of nitrogens with two attached hydrogens (primary N) is 1. The molecule has 0 unspecified atom stereocenters. The number of hydrogen-bond donors (Lipinski definition) is 4. The zero-order valence-electron chi connectivity index (χ0n) is 25.2. The molecule has 0 aliphatic rings. The lowest BCUT2D eigenvalue weighted by Gasteiger charge is -2.23. The van der Waals surface area contributed by atoms with Crippen molar-refractivity contribution < 1.29 is 4.79 Å². The Morgan fingerprint density at radius 2 is 1.03 bits per heavy atom. The molecule has 0 heterocycles. The lowest BCUT2D eigenvalue weighted by atomic mass is 10.0. The maximum absolute atomic E-state index is 12.5. The van der Waals surface area contributed by atoms with E-state index >= 15 is 0 Å². The Morgan fingerprint density at radius 3 is 1.59 bits per heavy atom.